The quantitative estimate of drug-likeness (QED) is 0.532. The molecule has 1 saturated heterocycles. The first kappa shape index (κ1) is 25.8. The highest BCUT2D eigenvalue weighted by atomic mass is 32.2. The van der Waals surface area contributed by atoms with E-state index in [0.717, 1.165) is 47.2 Å². The number of nitrogens with zero attached hydrogens (tertiary/aromatic N) is 1. The number of piperidine rings is 1. The number of amides is 1. The van der Waals surface area contributed by atoms with E-state index in [4.69, 9.17) is 0 Å². The van der Waals surface area contributed by atoms with Crippen molar-refractivity contribution in [1.29, 1.82) is 0 Å². The molecule has 0 spiro atoms. The highest BCUT2D eigenvalue weighted by molar-refractivity contribution is 7.89. The number of hydrogen-bond acceptors (Lipinski definition) is 4. The predicted octanol–water partition coefficient (Wildman–Crippen LogP) is 3.67. The third-order valence-corrected chi connectivity index (χ3v) is 8.71. The summed E-state index contributed by atoms with van der Waals surface area (Å²) < 4.78 is 28.4. The van der Waals surface area contributed by atoms with Crippen LogP contribution in [0.1, 0.15) is 73.3 Å². The van der Waals surface area contributed by atoms with Gasteiger partial charge >= 0.3 is 0 Å². The molecule has 7 heteroatoms. The number of sulfonamides is 1. The van der Waals surface area contributed by atoms with Crippen LogP contribution < -0.4 is 10.0 Å². The molecule has 0 radical (unpaired) electrons. The van der Waals surface area contributed by atoms with Crippen molar-refractivity contribution in [2.45, 2.75) is 91.0 Å². The van der Waals surface area contributed by atoms with Crippen molar-refractivity contribution in [2.24, 2.45) is 0 Å². The van der Waals surface area contributed by atoms with E-state index in [-0.39, 0.29) is 18.9 Å². The van der Waals surface area contributed by atoms with Crippen LogP contribution in [0.3, 0.4) is 0 Å². The molecule has 6 nitrogen and oxygen atoms in total. The van der Waals surface area contributed by atoms with Crippen molar-refractivity contribution in [2.75, 3.05) is 26.2 Å². The molecular weight excluding hydrogens is 410 g/mol. The van der Waals surface area contributed by atoms with Crippen molar-refractivity contribution in [3.05, 3.63) is 27.8 Å². The average Bonchev–Trinajstić information content (AvgIpc) is 2.71. The van der Waals surface area contributed by atoms with Gasteiger partial charge in [-0.1, -0.05) is 6.42 Å². The second kappa shape index (κ2) is 11.4. The van der Waals surface area contributed by atoms with Crippen LogP contribution in [0, 0.1) is 34.6 Å². The first-order chi connectivity index (χ1) is 14.6. The van der Waals surface area contributed by atoms with Gasteiger partial charge in [0.25, 0.3) is 0 Å². The van der Waals surface area contributed by atoms with Crippen LogP contribution in [0.25, 0.3) is 0 Å². The second-order valence-electron chi connectivity index (χ2n) is 9.04. The monoisotopic (exact) mass is 451 g/mol. The van der Waals surface area contributed by atoms with Gasteiger partial charge in [0, 0.05) is 25.6 Å². The van der Waals surface area contributed by atoms with E-state index < -0.39 is 10.0 Å². The van der Waals surface area contributed by atoms with Crippen LogP contribution in [0.2, 0.25) is 0 Å². The van der Waals surface area contributed by atoms with Crippen LogP contribution in [-0.4, -0.2) is 51.4 Å². The summed E-state index contributed by atoms with van der Waals surface area (Å²) in [7, 11) is -3.66. The molecule has 0 bridgehead atoms. The molecule has 1 atom stereocenters. The zero-order valence-electron chi connectivity index (χ0n) is 20.2. The van der Waals surface area contributed by atoms with Crippen molar-refractivity contribution in [3.8, 4) is 0 Å². The second-order valence-corrected chi connectivity index (χ2v) is 10.7. The molecule has 1 aromatic rings. The standard InChI is InChI=1S/C24H41N3O3S/c1-17-11-7-9-15-27(17)16-10-8-13-25-23(28)12-14-26-31(29,30)24-21(5)19(3)18(2)20(4)22(24)6/h17,26H,7-16H2,1-6H3,(H,25,28). The maximum Gasteiger partial charge on any atom is 0.241 e. The maximum absolute atomic E-state index is 12.9. The number of likely N-dealkylation sites (tertiary alicyclic amines) is 1. The molecule has 31 heavy (non-hydrogen) atoms. The number of unbranched alkanes of at least 4 members (excludes halogenated alkanes) is 1. The van der Waals surface area contributed by atoms with Gasteiger partial charge in [-0.05, 0) is 108 Å². The van der Waals surface area contributed by atoms with E-state index >= 15 is 0 Å². The molecule has 176 valence electrons. The molecule has 0 saturated carbocycles. The first-order valence-corrected chi connectivity index (χ1v) is 13.1. The largest absolute Gasteiger partial charge is 0.356 e. The van der Waals surface area contributed by atoms with Gasteiger partial charge in [-0.25, -0.2) is 13.1 Å². The molecule has 1 aliphatic rings. The number of hydrogen-bond donors (Lipinski definition) is 2. The van der Waals surface area contributed by atoms with Gasteiger partial charge in [-0.15, -0.1) is 0 Å². The van der Waals surface area contributed by atoms with Crippen LogP contribution in [0.5, 0.6) is 0 Å². The normalized spacial score (nSPS) is 17.7. The Morgan fingerprint density at radius 3 is 2.16 bits per heavy atom. The fraction of sp³-hybridized carbons (Fsp3) is 0.708. The zero-order chi connectivity index (χ0) is 23.2. The molecule has 2 rings (SSSR count). The number of carbonyl (C=O) groups excluding carboxylic acids is 1. The Balaban J connectivity index is 1.75. The molecule has 1 aromatic carbocycles. The Hall–Kier alpha value is -1.44. The first-order valence-electron chi connectivity index (χ1n) is 11.6. The number of carbonyl (C=O) groups is 1. The molecular formula is C24H41N3O3S. The molecule has 2 N–H and O–H groups in total. The molecule has 1 heterocycles. The van der Waals surface area contributed by atoms with Crippen molar-refractivity contribution in [3.63, 3.8) is 0 Å². The summed E-state index contributed by atoms with van der Waals surface area (Å²) in [5.74, 6) is -0.112. The predicted molar refractivity (Wildman–Crippen MR) is 127 cm³/mol. The van der Waals surface area contributed by atoms with Gasteiger partial charge in [-0.2, -0.15) is 0 Å². The van der Waals surface area contributed by atoms with Crippen LogP contribution in [-0.2, 0) is 14.8 Å². The molecule has 1 amide bonds. The average molecular weight is 452 g/mol. The SMILES string of the molecule is Cc1c(C)c(C)c(S(=O)(=O)NCCC(=O)NCCCCN2CCCCC2C)c(C)c1C. The minimum atomic E-state index is -3.66. The topological polar surface area (TPSA) is 78.5 Å². The van der Waals surface area contributed by atoms with E-state index in [9.17, 15) is 13.2 Å². The third-order valence-electron chi connectivity index (χ3n) is 6.98. The minimum absolute atomic E-state index is 0.101. The van der Waals surface area contributed by atoms with E-state index in [0.29, 0.717) is 17.5 Å². The van der Waals surface area contributed by atoms with Crippen molar-refractivity contribution >= 4 is 15.9 Å². The van der Waals surface area contributed by atoms with E-state index in [2.05, 4.69) is 21.9 Å². The molecule has 0 aliphatic carbocycles. The lowest BCUT2D eigenvalue weighted by Crippen LogP contribution is -2.38. The summed E-state index contributed by atoms with van der Waals surface area (Å²) in [5.41, 5.74) is 4.68. The Labute approximate surface area is 189 Å². The molecule has 1 fully saturated rings. The van der Waals surface area contributed by atoms with Crippen molar-refractivity contribution in [1.82, 2.24) is 14.9 Å². The summed E-state index contributed by atoms with van der Waals surface area (Å²) in [6.45, 7) is 14.9. The number of benzene rings is 1. The maximum atomic E-state index is 12.9. The minimum Gasteiger partial charge on any atom is -0.356 e. The number of rotatable bonds is 10. The fourth-order valence-electron chi connectivity index (χ4n) is 4.49. The van der Waals surface area contributed by atoms with Crippen LogP contribution >= 0.6 is 0 Å². The van der Waals surface area contributed by atoms with E-state index in [1.807, 2.05) is 34.6 Å². The van der Waals surface area contributed by atoms with Gasteiger partial charge < -0.3 is 10.2 Å². The van der Waals surface area contributed by atoms with Gasteiger partial charge in [-0.3, -0.25) is 4.79 Å². The Morgan fingerprint density at radius 2 is 1.55 bits per heavy atom. The Morgan fingerprint density at radius 1 is 0.935 bits per heavy atom. The van der Waals surface area contributed by atoms with E-state index in [1.54, 1.807) is 0 Å². The third kappa shape index (κ3) is 6.77. The molecule has 1 aliphatic heterocycles. The Bertz CT molecular complexity index is 852. The van der Waals surface area contributed by atoms with Crippen LogP contribution in [0.4, 0.5) is 0 Å². The van der Waals surface area contributed by atoms with Gasteiger partial charge in [0.15, 0.2) is 0 Å². The number of nitrogens with one attached hydrogen (secondary N) is 2. The lowest BCUT2D eigenvalue weighted by Gasteiger charge is -2.33. The highest BCUT2D eigenvalue weighted by Crippen LogP contribution is 2.29. The summed E-state index contributed by atoms with van der Waals surface area (Å²) in [4.78, 5) is 15.0. The smallest absolute Gasteiger partial charge is 0.241 e. The van der Waals surface area contributed by atoms with Crippen LogP contribution in [0.15, 0.2) is 4.90 Å². The zero-order valence-corrected chi connectivity index (χ0v) is 21.0. The lowest BCUT2D eigenvalue weighted by atomic mass is 9.95. The summed E-state index contributed by atoms with van der Waals surface area (Å²) in [5, 5.41) is 2.91. The summed E-state index contributed by atoms with van der Waals surface area (Å²) in [6, 6.07) is 0.671. The van der Waals surface area contributed by atoms with Gasteiger partial charge in [0.2, 0.25) is 15.9 Å². The van der Waals surface area contributed by atoms with Crippen molar-refractivity contribution < 1.29 is 13.2 Å². The summed E-state index contributed by atoms with van der Waals surface area (Å²) >= 11 is 0. The van der Waals surface area contributed by atoms with Gasteiger partial charge in [0.05, 0.1) is 4.90 Å². The van der Waals surface area contributed by atoms with E-state index in [1.165, 1.54) is 25.8 Å². The molecule has 1 unspecified atom stereocenters. The highest BCUT2D eigenvalue weighted by Gasteiger charge is 2.23. The molecule has 0 aromatic heterocycles. The van der Waals surface area contributed by atoms with Gasteiger partial charge in [0.1, 0.15) is 0 Å². The lowest BCUT2D eigenvalue weighted by molar-refractivity contribution is -0.120. The fourth-order valence-corrected chi connectivity index (χ4v) is 6.11. The summed E-state index contributed by atoms with van der Waals surface area (Å²) in [6.07, 6.45) is 6.07. The Kier molecular flexibility index (Phi) is 9.52.